The highest BCUT2D eigenvalue weighted by Gasteiger charge is 2.09. The van der Waals surface area contributed by atoms with E-state index >= 15 is 0 Å². The molecule has 19 heavy (non-hydrogen) atoms. The molecule has 0 aliphatic carbocycles. The van der Waals surface area contributed by atoms with Crippen molar-refractivity contribution in [3.8, 4) is 0 Å². The summed E-state index contributed by atoms with van der Waals surface area (Å²) in [6, 6.07) is 4.14. The molecule has 0 atom stereocenters. The minimum atomic E-state index is -2.48. The number of hydrogen-bond donors (Lipinski definition) is 1. The first kappa shape index (κ1) is 15.7. The number of nitrogens with one attached hydrogen (secondary N) is 1. The molecule has 0 fully saturated rings. The Kier molecular flexibility index (Phi) is 6.61. The Hall–Kier alpha value is -1.31. The van der Waals surface area contributed by atoms with Crippen molar-refractivity contribution in [1.82, 2.24) is 5.32 Å². The van der Waals surface area contributed by atoms with Crippen LogP contribution in [-0.4, -0.2) is 31.1 Å². The van der Waals surface area contributed by atoms with Gasteiger partial charge in [0.25, 0.3) is 12.1 Å². The summed E-state index contributed by atoms with van der Waals surface area (Å²) in [5.74, 6) is 0. The summed E-state index contributed by atoms with van der Waals surface area (Å²) < 4.78 is 28.2. The van der Waals surface area contributed by atoms with Crippen LogP contribution in [0.15, 0.2) is 18.2 Å². The van der Waals surface area contributed by atoms with Crippen molar-refractivity contribution in [3.05, 3.63) is 38.9 Å². The lowest BCUT2D eigenvalue weighted by molar-refractivity contribution is -0.384. The summed E-state index contributed by atoms with van der Waals surface area (Å²) in [7, 11) is 0. The third-order valence-corrected chi connectivity index (χ3v) is 2.59. The van der Waals surface area contributed by atoms with Crippen molar-refractivity contribution in [2.24, 2.45) is 0 Å². The Balaban J connectivity index is 2.36. The first-order valence-electron chi connectivity index (χ1n) is 5.50. The Labute approximate surface area is 113 Å². The number of nitro benzene ring substituents is 1. The third-order valence-electron chi connectivity index (χ3n) is 2.22. The molecule has 1 aromatic rings. The molecule has 1 N–H and O–H groups in total. The highest BCUT2D eigenvalue weighted by molar-refractivity contribution is 6.31. The lowest BCUT2D eigenvalue weighted by Crippen LogP contribution is -2.20. The van der Waals surface area contributed by atoms with Crippen LogP contribution < -0.4 is 5.32 Å². The smallest absolute Gasteiger partial charge is 0.269 e. The van der Waals surface area contributed by atoms with Gasteiger partial charge in [-0.05, 0) is 11.6 Å². The molecule has 0 saturated carbocycles. The van der Waals surface area contributed by atoms with Gasteiger partial charge < -0.3 is 10.1 Å². The summed E-state index contributed by atoms with van der Waals surface area (Å²) >= 11 is 5.89. The molecule has 0 radical (unpaired) electrons. The van der Waals surface area contributed by atoms with Crippen LogP contribution in [0, 0.1) is 10.1 Å². The van der Waals surface area contributed by atoms with Gasteiger partial charge in [0.15, 0.2) is 0 Å². The Morgan fingerprint density at radius 2 is 2.21 bits per heavy atom. The first-order valence-corrected chi connectivity index (χ1v) is 5.88. The number of nitro groups is 1. The van der Waals surface area contributed by atoms with Gasteiger partial charge in [-0.15, -0.1) is 0 Å². The SMILES string of the molecule is O=[N+]([O-])c1ccc(Cl)c(CNCCOCC(F)F)c1. The third kappa shape index (κ3) is 5.91. The second-order valence-corrected chi connectivity index (χ2v) is 4.08. The van der Waals surface area contributed by atoms with Crippen LogP contribution in [0.3, 0.4) is 0 Å². The van der Waals surface area contributed by atoms with Crippen molar-refractivity contribution < 1.29 is 18.4 Å². The van der Waals surface area contributed by atoms with Gasteiger partial charge in [0.05, 0.1) is 11.5 Å². The van der Waals surface area contributed by atoms with E-state index < -0.39 is 18.0 Å². The Morgan fingerprint density at radius 3 is 2.84 bits per heavy atom. The number of halogens is 3. The van der Waals surface area contributed by atoms with E-state index in [-0.39, 0.29) is 12.3 Å². The molecular weight excluding hydrogens is 282 g/mol. The predicted molar refractivity (Wildman–Crippen MR) is 66.6 cm³/mol. The molecule has 0 aliphatic rings. The number of rotatable bonds is 8. The summed E-state index contributed by atoms with van der Waals surface area (Å²) in [6.45, 7) is 0.195. The molecule has 1 rings (SSSR count). The van der Waals surface area contributed by atoms with Gasteiger partial charge in [-0.3, -0.25) is 10.1 Å². The molecule has 0 heterocycles. The normalized spacial score (nSPS) is 10.9. The molecule has 0 aliphatic heterocycles. The van der Waals surface area contributed by atoms with Crippen molar-refractivity contribution in [1.29, 1.82) is 0 Å². The highest BCUT2D eigenvalue weighted by atomic mass is 35.5. The zero-order valence-corrected chi connectivity index (χ0v) is 10.7. The van der Waals surface area contributed by atoms with Gasteiger partial charge in [0.1, 0.15) is 6.61 Å². The van der Waals surface area contributed by atoms with Crippen LogP contribution in [-0.2, 0) is 11.3 Å². The van der Waals surface area contributed by atoms with E-state index in [9.17, 15) is 18.9 Å². The maximum Gasteiger partial charge on any atom is 0.269 e. The van der Waals surface area contributed by atoms with E-state index in [4.69, 9.17) is 11.6 Å². The number of benzene rings is 1. The van der Waals surface area contributed by atoms with Crippen LogP contribution in [0.25, 0.3) is 0 Å². The summed E-state index contributed by atoms with van der Waals surface area (Å²) in [5, 5.41) is 13.9. The number of non-ortho nitro benzene ring substituents is 1. The van der Waals surface area contributed by atoms with Crippen LogP contribution in [0.2, 0.25) is 5.02 Å². The molecule has 0 aromatic heterocycles. The number of alkyl halides is 2. The molecule has 8 heteroatoms. The van der Waals surface area contributed by atoms with Gasteiger partial charge >= 0.3 is 0 Å². The van der Waals surface area contributed by atoms with Crippen molar-refractivity contribution in [2.75, 3.05) is 19.8 Å². The van der Waals surface area contributed by atoms with Gasteiger partial charge in [-0.2, -0.15) is 0 Å². The number of nitrogens with zero attached hydrogens (tertiary/aromatic N) is 1. The minimum Gasteiger partial charge on any atom is -0.374 e. The quantitative estimate of drug-likeness (QED) is 0.455. The van der Waals surface area contributed by atoms with E-state index in [2.05, 4.69) is 10.1 Å². The molecule has 0 unspecified atom stereocenters. The highest BCUT2D eigenvalue weighted by Crippen LogP contribution is 2.21. The van der Waals surface area contributed by atoms with Gasteiger partial charge in [0.2, 0.25) is 0 Å². The molecule has 1 aromatic carbocycles. The molecule has 0 spiro atoms. The van der Waals surface area contributed by atoms with E-state index in [1.165, 1.54) is 18.2 Å². The Bertz CT molecular complexity index is 432. The van der Waals surface area contributed by atoms with Crippen LogP contribution >= 0.6 is 11.6 Å². The van der Waals surface area contributed by atoms with Crippen LogP contribution in [0.1, 0.15) is 5.56 Å². The van der Waals surface area contributed by atoms with E-state index in [1.54, 1.807) is 0 Å². The van der Waals surface area contributed by atoms with Gasteiger partial charge in [-0.1, -0.05) is 11.6 Å². The second-order valence-electron chi connectivity index (χ2n) is 3.68. The molecule has 106 valence electrons. The van der Waals surface area contributed by atoms with Crippen LogP contribution in [0.5, 0.6) is 0 Å². The predicted octanol–water partition coefficient (Wildman–Crippen LogP) is 2.62. The fourth-order valence-electron chi connectivity index (χ4n) is 1.35. The maximum atomic E-state index is 11.8. The average Bonchev–Trinajstić information content (AvgIpc) is 2.34. The van der Waals surface area contributed by atoms with Gasteiger partial charge in [-0.25, -0.2) is 8.78 Å². The fraction of sp³-hybridized carbons (Fsp3) is 0.455. The molecular formula is C11H13ClF2N2O3. The van der Waals surface area contributed by atoms with Crippen molar-refractivity contribution in [2.45, 2.75) is 13.0 Å². The van der Waals surface area contributed by atoms with Gasteiger partial charge in [0, 0.05) is 30.2 Å². The summed E-state index contributed by atoms with van der Waals surface area (Å²) in [6.07, 6.45) is -2.48. The number of ether oxygens (including phenoxy) is 1. The van der Waals surface area contributed by atoms with Crippen molar-refractivity contribution >= 4 is 17.3 Å². The molecule has 0 saturated heterocycles. The topological polar surface area (TPSA) is 64.4 Å². The van der Waals surface area contributed by atoms with E-state index in [0.29, 0.717) is 23.7 Å². The van der Waals surface area contributed by atoms with E-state index in [1.807, 2.05) is 0 Å². The summed E-state index contributed by atoms with van der Waals surface area (Å²) in [5.41, 5.74) is 0.528. The lowest BCUT2D eigenvalue weighted by atomic mass is 10.2. The number of hydrogen-bond acceptors (Lipinski definition) is 4. The standard InChI is InChI=1S/C11H13ClF2N2O3/c12-10-2-1-9(16(17)18)5-8(10)6-15-3-4-19-7-11(13)14/h1-2,5,11,15H,3-4,6-7H2. The van der Waals surface area contributed by atoms with E-state index in [0.717, 1.165) is 0 Å². The zero-order valence-electron chi connectivity index (χ0n) is 9.94. The monoisotopic (exact) mass is 294 g/mol. The fourth-order valence-corrected chi connectivity index (χ4v) is 1.53. The maximum absolute atomic E-state index is 11.8. The molecule has 5 nitrogen and oxygen atoms in total. The van der Waals surface area contributed by atoms with Crippen LogP contribution in [0.4, 0.5) is 14.5 Å². The zero-order chi connectivity index (χ0) is 14.3. The molecule has 0 bridgehead atoms. The average molecular weight is 295 g/mol. The lowest BCUT2D eigenvalue weighted by Gasteiger charge is -2.07. The minimum absolute atomic E-state index is 0.0462. The second kappa shape index (κ2) is 7.98. The first-order chi connectivity index (χ1) is 9.00. The Morgan fingerprint density at radius 1 is 1.47 bits per heavy atom. The van der Waals surface area contributed by atoms with Crippen molar-refractivity contribution in [3.63, 3.8) is 0 Å². The molecule has 0 amide bonds. The summed E-state index contributed by atoms with van der Waals surface area (Å²) in [4.78, 5) is 10.1. The largest absolute Gasteiger partial charge is 0.374 e.